The number of aryl methyl sites for hydroxylation is 2. The lowest BCUT2D eigenvalue weighted by Gasteiger charge is -2.13. The van der Waals surface area contributed by atoms with Crippen LogP contribution < -0.4 is 5.32 Å². The van der Waals surface area contributed by atoms with Crippen LogP contribution in [0.5, 0.6) is 0 Å². The number of benzene rings is 2. The smallest absolute Gasteiger partial charge is 0.0998 e. The van der Waals surface area contributed by atoms with Gasteiger partial charge >= 0.3 is 0 Å². The average Bonchev–Trinajstić information content (AvgIpc) is 3.12. The molecule has 0 fully saturated rings. The monoisotopic (exact) mass is 371 g/mol. The molecule has 1 N–H and O–H groups in total. The van der Waals surface area contributed by atoms with E-state index in [9.17, 15) is 0 Å². The number of nitrogens with zero attached hydrogens (tertiary/aromatic N) is 4. The van der Waals surface area contributed by atoms with Gasteiger partial charge in [0.25, 0.3) is 0 Å². The minimum Gasteiger partial charge on any atom is -0.309 e. The summed E-state index contributed by atoms with van der Waals surface area (Å²) in [5.74, 6) is 0. The summed E-state index contributed by atoms with van der Waals surface area (Å²) in [5.41, 5.74) is 4.23. The maximum atomic E-state index is 4.64. The van der Waals surface area contributed by atoms with Crippen LogP contribution in [0.15, 0.2) is 67.0 Å². The Morgan fingerprint density at radius 3 is 2.61 bits per heavy atom. The van der Waals surface area contributed by atoms with Crippen LogP contribution in [0.1, 0.15) is 30.3 Å². The molecule has 4 rings (SSSR count). The Labute approximate surface area is 165 Å². The SMILES string of the molecule is Cc1nn(-c2ccccc2)nc1CNC(C)CCc1cncc2ccccc12. The second kappa shape index (κ2) is 8.31. The summed E-state index contributed by atoms with van der Waals surface area (Å²) >= 11 is 0. The van der Waals surface area contributed by atoms with Gasteiger partial charge in [-0.25, -0.2) is 0 Å². The highest BCUT2D eigenvalue weighted by Crippen LogP contribution is 2.19. The van der Waals surface area contributed by atoms with Gasteiger partial charge in [0.1, 0.15) is 0 Å². The van der Waals surface area contributed by atoms with E-state index < -0.39 is 0 Å². The summed E-state index contributed by atoms with van der Waals surface area (Å²) in [6.45, 7) is 4.94. The van der Waals surface area contributed by atoms with Crippen LogP contribution >= 0.6 is 0 Å². The summed E-state index contributed by atoms with van der Waals surface area (Å²) in [4.78, 5) is 6.09. The lowest BCUT2D eigenvalue weighted by molar-refractivity contribution is 0.508. The van der Waals surface area contributed by atoms with Crippen molar-refractivity contribution < 1.29 is 0 Å². The molecule has 4 aromatic rings. The number of rotatable bonds is 7. The molecule has 0 bridgehead atoms. The first-order valence-corrected chi connectivity index (χ1v) is 9.74. The Kier molecular flexibility index (Phi) is 5.44. The van der Waals surface area contributed by atoms with Crippen molar-refractivity contribution in [2.45, 2.75) is 39.3 Å². The molecule has 0 saturated heterocycles. The first-order valence-electron chi connectivity index (χ1n) is 9.74. The Morgan fingerprint density at radius 1 is 0.964 bits per heavy atom. The lowest BCUT2D eigenvalue weighted by atomic mass is 10.0. The third-order valence-corrected chi connectivity index (χ3v) is 5.08. The minimum absolute atomic E-state index is 0.375. The van der Waals surface area contributed by atoms with Gasteiger partial charge in [0.2, 0.25) is 0 Å². The van der Waals surface area contributed by atoms with Gasteiger partial charge in [-0.15, -0.1) is 0 Å². The van der Waals surface area contributed by atoms with E-state index in [2.05, 4.69) is 51.7 Å². The molecular weight excluding hydrogens is 346 g/mol. The molecule has 2 aromatic carbocycles. The number of fused-ring (bicyclic) bond motifs is 1. The van der Waals surface area contributed by atoms with Crippen LogP contribution in [0.25, 0.3) is 16.5 Å². The van der Waals surface area contributed by atoms with E-state index in [-0.39, 0.29) is 0 Å². The molecule has 0 saturated carbocycles. The summed E-state index contributed by atoms with van der Waals surface area (Å²) < 4.78 is 0. The molecule has 5 heteroatoms. The second-order valence-electron chi connectivity index (χ2n) is 7.20. The van der Waals surface area contributed by atoms with E-state index in [1.54, 1.807) is 4.80 Å². The van der Waals surface area contributed by atoms with Crippen molar-refractivity contribution in [3.05, 3.63) is 83.9 Å². The van der Waals surface area contributed by atoms with Crippen LogP contribution in [0.3, 0.4) is 0 Å². The maximum absolute atomic E-state index is 4.64. The summed E-state index contributed by atoms with van der Waals surface area (Å²) in [6, 6.07) is 18.8. The Morgan fingerprint density at radius 2 is 1.75 bits per heavy atom. The molecule has 28 heavy (non-hydrogen) atoms. The van der Waals surface area contributed by atoms with Crippen molar-refractivity contribution in [3.8, 4) is 5.69 Å². The van der Waals surface area contributed by atoms with E-state index in [0.29, 0.717) is 12.6 Å². The Balaban J connectivity index is 1.36. The van der Waals surface area contributed by atoms with Crippen molar-refractivity contribution in [3.63, 3.8) is 0 Å². The van der Waals surface area contributed by atoms with Crippen molar-refractivity contribution >= 4 is 10.8 Å². The van der Waals surface area contributed by atoms with Crippen molar-refractivity contribution in [2.75, 3.05) is 0 Å². The summed E-state index contributed by atoms with van der Waals surface area (Å²) in [5, 5.41) is 15.3. The van der Waals surface area contributed by atoms with Gasteiger partial charge in [-0.3, -0.25) is 4.98 Å². The molecule has 5 nitrogen and oxygen atoms in total. The second-order valence-corrected chi connectivity index (χ2v) is 7.20. The zero-order valence-corrected chi connectivity index (χ0v) is 16.3. The van der Waals surface area contributed by atoms with E-state index in [4.69, 9.17) is 0 Å². The molecule has 142 valence electrons. The van der Waals surface area contributed by atoms with Crippen molar-refractivity contribution in [1.29, 1.82) is 0 Å². The predicted octanol–water partition coefficient (Wildman–Crippen LogP) is 4.23. The molecule has 0 amide bonds. The normalized spacial score (nSPS) is 12.4. The van der Waals surface area contributed by atoms with E-state index in [1.165, 1.54) is 16.3 Å². The molecule has 2 heterocycles. The molecule has 0 aliphatic heterocycles. The van der Waals surface area contributed by atoms with Crippen LogP contribution in [-0.4, -0.2) is 26.0 Å². The lowest BCUT2D eigenvalue weighted by Crippen LogP contribution is -2.26. The van der Waals surface area contributed by atoms with Crippen LogP contribution in [0.2, 0.25) is 0 Å². The fraction of sp³-hybridized carbons (Fsp3) is 0.261. The van der Waals surface area contributed by atoms with Gasteiger partial charge in [0.15, 0.2) is 0 Å². The number of hydrogen-bond acceptors (Lipinski definition) is 4. The summed E-state index contributed by atoms with van der Waals surface area (Å²) in [6.07, 6.45) is 5.96. The predicted molar refractivity (Wildman–Crippen MR) is 112 cm³/mol. The molecule has 0 aliphatic carbocycles. The van der Waals surface area contributed by atoms with E-state index in [0.717, 1.165) is 29.9 Å². The highest BCUT2D eigenvalue weighted by Gasteiger charge is 2.10. The molecule has 1 unspecified atom stereocenters. The molecule has 2 aromatic heterocycles. The standard InChI is InChI=1S/C23H25N5/c1-17(12-13-20-15-24-14-19-8-6-7-11-22(19)20)25-16-23-18(2)26-28(27-23)21-9-4-3-5-10-21/h3-11,14-15,17,25H,12-13,16H2,1-2H3. The number of aromatic nitrogens is 4. The third-order valence-electron chi connectivity index (χ3n) is 5.08. The highest BCUT2D eigenvalue weighted by molar-refractivity contribution is 5.84. The first kappa shape index (κ1) is 18.3. The van der Waals surface area contributed by atoms with Crippen LogP contribution in [-0.2, 0) is 13.0 Å². The van der Waals surface area contributed by atoms with Gasteiger partial charge in [0, 0.05) is 30.4 Å². The van der Waals surface area contributed by atoms with Gasteiger partial charge < -0.3 is 5.32 Å². The van der Waals surface area contributed by atoms with Crippen molar-refractivity contribution in [1.82, 2.24) is 25.3 Å². The number of hydrogen-bond donors (Lipinski definition) is 1. The largest absolute Gasteiger partial charge is 0.309 e. The molecule has 0 radical (unpaired) electrons. The Hall–Kier alpha value is -3.05. The van der Waals surface area contributed by atoms with E-state index >= 15 is 0 Å². The maximum Gasteiger partial charge on any atom is 0.0998 e. The quantitative estimate of drug-likeness (QED) is 0.528. The average molecular weight is 371 g/mol. The zero-order valence-electron chi connectivity index (χ0n) is 16.3. The van der Waals surface area contributed by atoms with Gasteiger partial charge in [-0.05, 0) is 49.8 Å². The third kappa shape index (κ3) is 4.10. The molecule has 1 atom stereocenters. The Bertz CT molecular complexity index is 1050. The first-order chi connectivity index (χ1) is 13.7. The molecular formula is C23H25N5. The number of pyridine rings is 1. The fourth-order valence-electron chi connectivity index (χ4n) is 3.37. The molecule has 0 aliphatic rings. The fourth-order valence-corrected chi connectivity index (χ4v) is 3.37. The van der Waals surface area contributed by atoms with Gasteiger partial charge in [0.05, 0.1) is 17.1 Å². The summed E-state index contributed by atoms with van der Waals surface area (Å²) in [7, 11) is 0. The van der Waals surface area contributed by atoms with Gasteiger partial charge in [-0.1, -0.05) is 42.5 Å². The zero-order chi connectivity index (χ0) is 19.3. The van der Waals surface area contributed by atoms with Gasteiger partial charge in [-0.2, -0.15) is 15.0 Å². The van der Waals surface area contributed by atoms with Crippen LogP contribution in [0, 0.1) is 6.92 Å². The topological polar surface area (TPSA) is 55.6 Å². The number of para-hydroxylation sites is 1. The van der Waals surface area contributed by atoms with E-state index in [1.807, 2.05) is 49.6 Å². The van der Waals surface area contributed by atoms with Crippen molar-refractivity contribution in [2.24, 2.45) is 0 Å². The number of nitrogens with one attached hydrogen (secondary N) is 1. The molecule has 0 spiro atoms. The minimum atomic E-state index is 0.375. The van der Waals surface area contributed by atoms with Crippen LogP contribution in [0.4, 0.5) is 0 Å². The highest BCUT2D eigenvalue weighted by atomic mass is 15.5.